The maximum Gasteiger partial charge on any atom is 0.244 e. The fourth-order valence-electron chi connectivity index (χ4n) is 2.38. The first-order valence-electron chi connectivity index (χ1n) is 8.35. The summed E-state index contributed by atoms with van der Waals surface area (Å²) < 4.78 is 7.35. The molecule has 1 atom stereocenters. The van der Waals surface area contributed by atoms with E-state index in [0.717, 1.165) is 22.4 Å². The SMILES string of the molecule is Cc1ccc(C)c(Oc2ccc(CNC(=O)[C@@H](C)n3cncn3)cn2)c1. The van der Waals surface area contributed by atoms with Gasteiger partial charge in [0.05, 0.1) is 0 Å². The summed E-state index contributed by atoms with van der Waals surface area (Å²) in [5, 5.41) is 6.84. The number of ether oxygens (including phenoxy) is 1. The molecule has 7 heteroatoms. The Balaban J connectivity index is 1.57. The average molecular weight is 351 g/mol. The van der Waals surface area contributed by atoms with Gasteiger partial charge in [-0.1, -0.05) is 18.2 Å². The van der Waals surface area contributed by atoms with E-state index >= 15 is 0 Å². The van der Waals surface area contributed by atoms with Gasteiger partial charge in [-0.25, -0.2) is 14.6 Å². The van der Waals surface area contributed by atoms with Crippen LogP contribution in [0.15, 0.2) is 49.2 Å². The molecule has 1 aromatic carbocycles. The third-order valence-corrected chi connectivity index (χ3v) is 4.04. The third kappa shape index (κ3) is 4.24. The van der Waals surface area contributed by atoms with E-state index in [2.05, 4.69) is 20.4 Å². The molecule has 3 aromatic rings. The van der Waals surface area contributed by atoms with Crippen LogP contribution in [0, 0.1) is 13.8 Å². The zero-order chi connectivity index (χ0) is 18.5. The molecular weight excluding hydrogens is 330 g/mol. The number of aryl methyl sites for hydroxylation is 2. The van der Waals surface area contributed by atoms with Gasteiger partial charge in [0.2, 0.25) is 11.8 Å². The van der Waals surface area contributed by atoms with E-state index in [1.165, 1.54) is 17.3 Å². The summed E-state index contributed by atoms with van der Waals surface area (Å²) in [6.07, 6.45) is 4.62. The second-order valence-electron chi connectivity index (χ2n) is 6.14. The maximum absolute atomic E-state index is 12.1. The number of carbonyl (C=O) groups excluding carboxylic acids is 1. The van der Waals surface area contributed by atoms with E-state index in [-0.39, 0.29) is 5.91 Å². The number of nitrogens with zero attached hydrogens (tertiary/aromatic N) is 4. The van der Waals surface area contributed by atoms with Crippen LogP contribution in [-0.2, 0) is 11.3 Å². The summed E-state index contributed by atoms with van der Waals surface area (Å²) in [5.41, 5.74) is 3.07. The van der Waals surface area contributed by atoms with Gasteiger partial charge in [-0.05, 0) is 43.5 Å². The van der Waals surface area contributed by atoms with Crippen molar-refractivity contribution < 1.29 is 9.53 Å². The van der Waals surface area contributed by atoms with Gasteiger partial charge in [-0.3, -0.25) is 4.79 Å². The van der Waals surface area contributed by atoms with Gasteiger partial charge in [0.1, 0.15) is 24.4 Å². The van der Waals surface area contributed by atoms with Crippen molar-refractivity contribution in [1.29, 1.82) is 0 Å². The van der Waals surface area contributed by atoms with Gasteiger partial charge in [0.15, 0.2) is 0 Å². The number of amides is 1. The molecule has 0 radical (unpaired) electrons. The monoisotopic (exact) mass is 351 g/mol. The Morgan fingerprint density at radius 2 is 2.12 bits per heavy atom. The van der Waals surface area contributed by atoms with Crippen molar-refractivity contribution in [3.05, 3.63) is 65.9 Å². The van der Waals surface area contributed by atoms with Crippen LogP contribution >= 0.6 is 0 Å². The number of carbonyl (C=O) groups is 1. The molecule has 0 bridgehead atoms. The Bertz CT molecular complexity index is 875. The van der Waals surface area contributed by atoms with Gasteiger partial charge < -0.3 is 10.1 Å². The zero-order valence-electron chi connectivity index (χ0n) is 15.0. The van der Waals surface area contributed by atoms with Gasteiger partial charge >= 0.3 is 0 Å². The number of benzene rings is 1. The van der Waals surface area contributed by atoms with Crippen LogP contribution in [0.2, 0.25) is 0 Å². The van der Waals surface area contributed by atoms with E-state index < -0.39 is 6.04 Å². The standard InChI is InChI=1S/C19H21N5O2/c1-13-4-5-14(2)17(8-13)26-18-7-6-16(9-21-18)10-22-19(25)15(3)24-12-20-11-23-24/h4-9,11-12,15H,10H2,1-3H3,(H,22,25)/t15-/m1/s1. The minimum Gasteiger partial charge on any atom is -0.439 e. The second kappa shape index (κ2) is 7.77. The molecule has 0 saturated carbocycles. The largest absolute Gasteiger partial charge is 0.439 e. The van der Waals surface area contributed by atoms with E-state index in [1.54, 1.807) is 19.2 Å². The summed E-state index contributed by atoms with van der Waals surface area (Å²) in [4.78, 5) is 20.3. The average Bonchev–Trinajstić information content (AvgIpc) is 3.18. The fourth-order valence-corrected chi connectivity index (χ4v) is 2.38. The van der Waals surface area contributed by atoms with E-state index in [9.17, 15) is 4.79 Å². The summed E-state index contributed by atoms with van der Waals surface area (Å²) in [6, 6.07) is 9.30. The molecule has 0 spiro atoms. The first kappa shape index (κ1) is 17.6. The van der Waals surface area contributed by atoms with Crippen LogP contribution in [0.1, 0.15) is 29.7 Å². The Hall–Kier alpha value is -3.22. The van der Waals surface area contributed by atoms with Crippen LogP contribution < -0.4 is 10.1 Å². The molecule has 0 aliphatic carbocycles. The molecule has 0 aliphatic heterocycles. The van der Waals surface area contributed by atoms with Crippen LogP contribution in [-0.4, -0.2) is 25.7 Å². The lowest BCUT2D eigenvalue weighted by molar-refractivity contribution is -0.124. The highest BCUT2D eigenvalue weighted by Crippen LogP contribution is 2.24. The van der Waals surface area contributed by atoms with Gasteiger partial charge in [-0.15, -0.1) is 0 Å². The summed E-state index contributed by atoms with van der Waals surface area (Å²) in [6.45, 7) is 6.17. The number of hydrogen-bond acceptors (Lipinski definition) is 5. The fraction of sp³-hybridized carbons (Fsp3) is 0.263. The van der Waals surface area contributed by atoms with Crippen molar-refractivity contribution in [3.8, 4) is 11.6 Å². The quantitative estimate of drug-likeness (QED) is 0.738. The number of nitrogens with one attached hydrogen (secondary N) is 1. The van der Waals surface area contributed by atoms with Crippen molar-refractivity contribution in [2.24, 2.45) is 0 Å². The molecule has 3 rings (SSSR count). The first-order chi connectivity index (χ1) is 12.5. The normalized spacial score (nSPS) is 11.8. The Labute approximate surface area is 152 Å². The van der Waals surface area contributed by atoms with Crippen LogP contribution in [0.3, 0.4) is 0 Å². The molecule has 26 heavy (non-hydrogen) atoms. The lowest BCUT2D eigenvalue weighted by Crippen LogP contribution is -2.30. The molecule has 2 aromatic heterocycles. The Kier molecular flexibility index (Phi) is 5.26. The smallest absolute Gasteiger partial charge is 0.244 e. The molecule has 0 unspecified atom stereocenters. The number of rotatable bonds is 6. The van der Waals surface area contributed by atoms with Gasteiger partial charge in [0, 0.05) is 18.8 Å². The topological polar surface area (TPSA) is 81.9 Å². The van der Waals surface area contributed by atoms with Crippen molar-refractivity contribution in [3.63, 3.8) is 0 Å². The van der Waals surface area contributed by atoms with Crippen LogP contribution in [0.5, 0.6) is 11.6 Å². The Morgan fingerprint density at radius 1 is 1.27 bits per heavy atom. The van der Waals surface area contributed by atoms with Gasteiger partial charge in [0.25, 0.3) is 0 Å². The summed E-state index contributed by atoms with van der Waals surface area (Å²) in [5.74, 6) is 1.18. The van der Waals surface area contributed by atoms with E-state index in [4.69, 9.17) is 4.74 Å². The molecule has 2 heterocycles. The highest BCUT2D eigenvalue weighted by Gasteiger charge is 2.14. The van der Waals surface area contributed by atoms with Gasteiger partial charge in [-0.2, -0.15) is 5.10 Å². The van der Waals surface area contributed by atoms with Crippen molar-refractivity contribution in [2.75, 3.05) is 0 Å². The minimum atomic E-state index is -0.419. The van der Waals surface area contributed by atoms with Crippen molar-refractivity contribution >= 4 is 5.91 Å². The minimum absolute atomic E-state index is 0.133. The molecule has 134 valence electrons. The molecular formula is C19H21N5O2. The first-order valence-corrected chi connectivity index (χ1v) is 8.35. The Morgan fingerprint density at radius 3 is 2.81 bits per heavy atom. The molecule has 0 saturated heterocycles. The lowest BCUT2D eigenvalue weighted by Gasteiger charge is -2.12. The number of hydrogen-bond donors (Lipinski definition) is 1. The number of aromatic nitrogens is 4. The molecule has 0 aliphatic rings. The molecule has 1 N–H and O–H groups in total. The number of pyridine rings is 1. The summed E-state index contributed by atoms with van der Waals surface area (Å²) >= 11 is 0. The molecule has 7 nitrogen and oxygen atoms in total. The summed E-state index contributed by atoms with van der Waals surface area (Å²) in [7, 11) is 0. The zero-order valence-corrected chi connectivity index (χ0v) is 15.0. The van der Waals surface area contributed by atoms with Crippen molar-refractivity contribution in [1.82, 2.24) is 25.1 Å². The predicted molar refractivity (Wildman–Crippen MR) is 96.8 cm³/mol. The maximum atomic E-state index is 12.1. The molecule has 0 fully saturated rings. The van der Waals surface area contributed by atoms with Crippen LogP contribution in [0.4, 0.5) is 0 Å². The lowest BCUT2D eigenvalue weighted by atomic mass is 10.1. The highest BCUT2D eigenvalue weighted by molar-refractivity contribution is 5.79. The predicted octanol–water partition coefficient (Wildman–Crippen LogP) is 2.96. The van der Waals surface area contributed by atoms with E-state index in [1.807, 2.05) is 38.1 Å². The molecule has 1 amide bonds. The third-order valence-electron chi connectivity index (χ3n) is 4.04. The van der Waals surface area contributed by atoms with Crippen LogP contribution in [0.25, 0.3) is 0 Å². The van der Waals surface area contributed by atoms with Crippen molar-refractivity contribution in [2.45, 2.75) is 33.4 Å². The highest BCUT2D eigenvalue weighted by atomic mass is 16.5. The second-order valence-corrected chi connectivity index (χ2v) is 6.14. The van der Waals surface area contributed by atoms with E-state index in [0.29, 0.717) is 12.4 Å².